The molecule has 1 saturated heterocycles. The van der Waals surface area contributed by atoms with Gasteiger partial charge in [0.2, 0.25) is 5.89 Å². The molecule has 1 aliphatic heterocycles. The van der Waals surface area contributed by atoms with Crippen LogP contribution in [0.25, 0.3) is 0 Å². The lowest BCUT2D eigenvalue weighted by atomic mass is 9.98. The Hall–Kier alpha value is -2.49. The molecule has 2 aromatic heterocycles. The number of piperidine rings is 1. The molecule has 0 bridgehead atoms. The van der Waals surface area contributed by atoms with Gasteiger partial charge in [-0.05, 0) is 12.8 Å². The Morgan fingerprint density at radius 2 is 2.18 bits per heavy atom. The molecule has 1 atom stereocenters. The topological polar surface area (TPSA) is 91.7 Å². The van der Waals surface area contributed by atoms with E-state index in [1.54, 1.807) is 6.20 Å². The highest BCUT2D eigenvalue weighted by Gasteiger charge is 2.28. The van der Waals surface area contributed by atoms with Gasteiger partial charge in [0.05, 0.1) is 5.92 Å². The summed E-state index contributed by atoms with van der Waals surface area (Å²) < 4.78 is 5.42. The third-order valence-corrected chi connectivity index (χ3v) is 3.83. The van der Waals surface area contributed by atoms with Crippen LogP contribution < -0.4 is 4.90 Å². The van der Waals surface area contributed by atoms with Crippen LogP contribution in [0.2, 0.25) is 0 Å². The van der Waals surface area contributed by atoms with Crippen molar-refractivity contribution < 1.29 is 4.52 Å². The molecule has 0 aromatic carbocycles. The number of hydrogen-bond donors (Lipinski definition) is 0. The van der Waals surface area contributed by atoms with Crippen LogP contribution >= 0.6 is 0 Å². The van der Waals surface area contributed by atoms with Gasteiger partial charge >= 0.3 is 0 Å². The fourth-order valence-corrected chi connectivity index (χ4v) is 2.66. The Labute approximate surface area is 129 Å². The Kier molecular flexibility index (Phi) is 4.00. The first-order valence-electron chi connectivity index (χ1n) is 7.48. The minimum absolute atomic E-state index is 0.169. The first-order valence-corrected chi connectivity index (χ1v) is 7.48. The van der Waals surface area contributed by atoms with E-state index in [0.29, 0.717) is 23.9 Å². The summed E-state index contributed by atoms with van der Waals surface area (Å²) in [6.07, 6.45) is 5.14. The van der Waals surface area contributed by atoms with Crippen molar-refractivity contribution in [3.05, 3.63) is 29.8 Å². The molecule has 1 aliphatic rings. The van der Waals surface area contributed by atoms with E-state index in [0.717, 1.165) is 25.2 Å². The molecule has 1 unspecified atom stereocenters. The van der Waals surface area contributed by atoms with E-state index in [1.165, 1.54) is 6.20 Å². The Morgan fingerprint density at radius 1 is 1.36 bits per heavy atom. The summed E-state index contributed by atoms with van der Waals surface area (Å²) in [5.74, 6) is 2.48. The molecule has 3 heterocycles. The second-order valence-corrected chi connectivity index (χ2v) is 5.77. The zero-order chi connectivity index (χ0) is 15.5. The summed E-state index contributed by atoms with van der Waals surface area (Å²) in [6, 6.07) is 2.10. The Morgan fingerprint density at radius 3 is 2.91 bits per heavy atom. The lowest BCUT2D eigenvalue weighted by Crippen LogP contribution is -2.35. The SMILES string of the molecule is CC(C)c1noc(C2CCCN(c3nccnc3C#N)C2)n1. The predicted octanol–water partition coefficient (Wildman–Crippen LogP) is 2.24. The molecule has 0 aliphatic carbocycles. The van der Waals surface area contributed by atoms with Gasteiger partial charge in [-0.2, -0.15) is 10.2 Å². The molecule has 0 amide bonds. The van der Waals surface area contributed by atoms with E-state index in [2.05, 4.69) is 31.1 Å². The average Bonchev–Trinajstić information content (AvgIpc) is 3.05. The quantitative estimate of drug-likeness (QED) is 0.858. The molecule has 1 fully saturated rings. The highest BCUT2D eigenvalue weighted by Crippen LogP contribution is 2.29. The van der Waals surface area contributed by atoms with E-state index in [1.807, 2.05) is 13.8 Å². The lowest BCUT2D eigenvalue weighted by Gasteiger charge is -2.31. The summed E-state index contributed by atoms with van der Waals surface area (Å²) in [6.45, 7) is 5.66. The molecule has 0 N–H and O–H groups in total. The summed E-state index contributed by atoms with van der Waals surface area (Å²) in [4.78, 5) is 15.0. The van der Waals surface area contributed by atoms with Gasteiger partial charge in [-0.15, -0.1) is 0 Å². The normalized spacial score (nSPS) is 18.5. The second kappa shape index (κ2) is 6.10. The molecular weight excluding hydrogens is 280 g/mol. The molecule has 0 spiro atoms. The van der Waals surface area contributed by atoms with E-state index in [9.17, 15) is 5.26 Å². The van der Waals surface area contributed by atoms with Crippen molar-refractivity contribution in [3.8, 4) is 6.07 Å². The molecule has 7 heteroatoms. The third-order valence-electron chi connectivity index (χ3n) is 3.83. The second-order valence-electron chi connectivity index (χ2n) is 5.77. The molecule has 7 nitrogen and oxygen atoms in total. The Bertz CT molecular complexity index is 689. The summed E-state index contributed by atoms with van der Waals surface area (Å²) >= 11 is 0. The zero-order valence-corrected chi connectivity index (χ0v) is 12.7. The molecular formula is C15H18N6O. The average molecular weight is 298 g/mol. The summed E-state index contributed by atoms with van der Waals surface area (Å²) in [5.41, 5.74) is 0.358. The predicted molar refractivity (Wildman–Crippen MR) is 79.3 cm³/mol. The zero-order valence-electron chi connectivity index (χ0n) is 12.7. The fraction of sp³-hybridized carbons (Fsp3) is 0.533. The van der Waals surface area contributed by atoms with Crippen molar-refractivity contribution in [2.45, 2.75) is 38.5 Å². The molecule has 0 radical (unpaired) electrons. The standard InChI is InChI=1S/C15H18N6O/c1-10(2)13-19-15(22-20-13)11-4-3-7-21(9-11)14-12(8-16)17-5-6-18-14/h5-6,10-11H,3-4,7,9H2,1-2H3. The van der Waals surface area contributed by atoms with Crippen LogP contribution in [0.4, 0.5) is 5.82 Å². The smallest absolute Gasteiger partial charge is 0.231 e. The van der Waals surface area contributed by atoms with Gasteiger partial charge in [0.1, 0.15) is 6.07 Å². The van der Waals surface area contributed by atoms with Crippen molar-refractivity contribution in [2.24, 2.45) is 0 Å². The molecule has 22 heavy (non-hydrogen) atoms. The van der Waals surface area contributed by atoms with Gasteiger partial charge in [0, 0.05) is 31.4 Å². The van der Waals surface area contributed by atoms with Crippen LogP contribution in [0.3, 0.4) is 0 Å². The maximum absolute atomic E-state index is 9.18. The number of aromatic nitrogens is 4. The number of anilines is 1. The van der Waals surface area contributed by atoms with Crippen LogP contribution in [-0.2, 0) is 0 Å². The molecule has 2 aromatic rings. The summed E-state index contributed by atoms with van der Waals surface area (Å²) in [7, 11) is 0. The van der Waals surface area contributed by atoms with Gasteiger partial charge in [-0.25, -0.2) is 9.97 Å². The van der Waals surface area contributed by atoms with Crippen molar-refractivity contribution >= 4 is 5.82 Å². The third kappa shape index (κ3) is 2.77. The lowest BCUT2D eigenvalue weighted by molar-refractivity contribution is 0.329. The first kappa shape index (κ1) is 14.4. The van der Waals surface area contributed by atoms with E-state index in [4.69, 9.17) is 4.52 Å². The first-order chi connectivity index (χ1) is 10.7. The maximum Gasteiger partial charge on any atom is 0.231 e. The van der Waals surface area contributed by atoms with Gasteiger partial charge < -0.3 is 9.42 Å². The van der Waals surface area contributed by atoms with Crippen molar-refractivity contribution in [3.63, 3.8) is 0 Å². The van der Waals surface area contributed by atoms with Gasteiger partial charge in [0.15, 0.2) is 17.3 Å². The van der Waals surface area contributed by atoms with Gasteiger partial charge in [-0.3, -0.25) is 0 Å². The number of rotatable bonds is 3. The monoisotopic (exact) mass is 298 g/mol. The van der Waals surface area contributed by atoms with Crippen LogP contribution in [0.15, 0.2) is 16.9 Å². The van der Waals surface area contributed by atoms with Crippen molar-refractivity contribution in [1.29, 1.82) is 5.26 Å². The minimum atomic E-state index is 0.169. The highest BCUT2D eigenvalue weighted by molar-refractivity contribution is 5.50. The van der Waals surface area contributed by atoms with Gasteiger partial charge in [0.25, 0.3) is 0 Å². The van der Waals surface area contributed by atoms with Crippen molar-refractivity contribution in [2.75, 3.05) is 18.0 Å². The minimum Gasteiger partial charge on any atom is -0.353 e. The van der Waals surface area contributed by atoms with Crippen LogP contribution in [0.5, 0.6) is 0 Å². The molecule has 114 valence electrons. The van der Waals surface area contributed by atoms with Crippen LogP contribution in [0, 0.1) is 11.3 Å². The largest absolute Gasteiger partial charge is 0.353 e. The van der Waals surface area contributed by atoms with Crippen molar-refractivity contribution in [1.82, 2.24) is 20.1 Å². The van der Waals surface area contributed by atoms with Crippen LogP contribution in [-0.4, -0.2) is 33.2 Å². The molecule has 0 saturated carbocycles. The number of hydrogen-bond acceptors (Lipinski definition) is 7. The highest BCUT2D eigenvalue weighted by atomic mass is 16.5. The number of nitriles is 1. The van der Waals surface area contributed by atoms with E-state index < -0.39 is 0 Å². The fourth-order valence-electron chi connectivity index (χ4n) is 2.66. The van der Waals surface area contributed by atoms with E-state index in [-0.39, 0.29) is 11.8 Å². The number of nitrogens with zero attached hydrogens (tertiary/aromatic N) is 6. The van der Waals surface area contributed by atoms with Gasteiger partial charge in [-0.1, -0.05) is 19.0 Å². The Balaban J connectivity index is 1.80. The molecule has 3 rings (SSSR count). The summed E-state index contributed by atoms with van der Waals surface area (Å²) in [5, 5.41) is 13.2. The van der Waals surface area contributed by atoms with E-state index >= 15 is 0 Å². The maximum atomic E-state index is 9.18. The van der Waals surface area contributed by atoms with Crippen LogP contribution in [0.1, 0.15) is 55.9 Å².